The van der Waals surface area contributed by atoms with Gasteiger partial charge in [-0.3, -0.25) is 4.99 Å². The van der Waals surface area contributed by atoms with Gasteiger partial charge in [0.2, 0.25) is 0 Å². The molecule has 0 saturated carbocycles. The number of aliphatic imine (C=N–C) groups is 1. The molecule has 0 aliphatic rings. The lowest BCUT2D eigenvalue weighted by Gasteiger charge is -2.14. The van der Waals surface area contributed by atoms with E-state index in [1.165, 1.54) is 0 Å². The molecule has 0 fully saturated rings. The topological polar surface area (TPSA) is 83.6 Å². The molecule has 0 saturated heterocycles. The predicted octanol–water partition coefficient (Wildman–Crippen LogP) is 3.58. The first-order valence-electron chi connectivity index (χ1n) is 8.98. The van der Waals surface area contributed by atoms with Crippen LogP contribution in [0.4, 0.5) is 0 Å². The molecule has 154 valence electrons. The molecule has 29 heavy (non-hydrogen) atoms. The molecule has 0 atom stereocenters. The van der Waals surface area contributed by atoms with Crippen LogP contribution in [0.1, 0.15) is 11.4 Å². The second-order valence-corrected chi connectivity index (χ2v) is 6.07. The van der Waals surface area contributed by atoms with E-state index in [9.17, 15) is 0 Å². The molecule has 2 aromatic carbocycles. The summed E-state index contributed by atoms with van der Waals surface area (Å²) in [5.41, 5.74) is 3.11. The zero-order valence-corrected chi connectivity index (χ0v) is 19.1. The summed E-state index contributed by atoms with van der Waals surface area (Å²) in [5, 5.41) is 6.54. The number of H-pyrrole nitrogens is 1. The maximum Gasteiger partial charge on any atom is 0.191 e. The van der Waals surface area contributed by atoms with Crippen LogP contribution < -0.4 is 20.1 Å². The minimum atomic E-state index is 0. The minimum Gasteiger partial charge on any atom is -0.497 e. The van der Waals surface area contributed by atoms with Gasteiger partial charge < -0.3 is 25.1 Å². The number of methoxy groups -OCH3 is 2. The second-order valence-electron chi connectivity index (χ2n) is 6.07. The van der Waals surface area contributed by atoms with Gasteiger partial charge in [0.1, 0.15) is 17.3 Å². The third-order valence-electron chi connectivity index (χ3n) is 4.30. The molecule has 0 aliphatic heterocycles. The highest BCUT2D eigenvalue weighted by Gasteiger charge is 2.07. The Kier molecular flexibility index (Phi) is 8.78. The number of ether oxygens (including phenoxy) is 2. The number of halogens is 1. The smallest absolute Gasteiger partial charge is 0.191 e. The highest BCUT2D eigenvalue weighted by molar-refractivity contribution is 14.0. The van der Waals surface area contributed by atoms with Crippen LogP contribution in [0.5, 0.6) is 11.5 Å². The van der Waals surface area contributed by atoms with Gasteiger partial charge in [-0.05, 0) is 17.7 Å². The van der Waals surface area contributed by atoms with Crippen molar-refractivity contribution in [3.8, 4) is 22.8 Å². The number of hydrogen-bond donors (Lipinski definition) is 3. The molecule has 8 heteroatoms. The van der Waals surface area contributed by atoms with Crippen molar-refractivity contribution >= 4 is 29.9 Å². The molecule has 3 rings (SSSR count). The Morgan fingerprint density at radius 2 is 1.79 bits per heavy atom. The Morgan fingerprint density at radius 1 is 1.03 bits per heavy atom. The molecular weight excluding hydrogens is 481 g/mol. The summed E-state index contributed by atoms with van der Waals surface area (Å²) >= 11 is 0. The van der Waals surface area contributed by atoms with Crippen molar-refractivity contribution in [2.75, 3.05) is 21.3 Å². The Hall–Kier alpha value is -2.75. The number of benzene rings is 2. The molecule has 0 aliphatic carbocycles. The lowest BCUT2D eigenvalue weighted by atomic mass is 10.2. The monoisotopic (exact) mass is 507 g/mol. The molecule has 3 aromatic rings. The van der Waals surface area contributed by atoms with Crippen LogP contribution in [0, 0.1) is 0 Å². The molecule has 7 nitrogen and oxygen atoms in total. The number of nitrogens with one attached hydrogen (secondary N) is 3. The molecular formula is C21H26IN5O2. The summed E-state index contributed by atoms with van der Waals surface area (Å²) in [5.74, 6) is 3.04. The zero-order chi connectivity index (χ0) is 19.8. The van der Waals surface area contributed by atoms with Crippen LogP contribution in [0.3, 0.4) is 0 Å². The first-order valence-corrected chi connectivity index (χ1v) is 8.98. The van der Waals surface area contributed by atoms with E-state index in [-0.39, 0.29) is 24.0 Å². The summed E-state index contributed by atoms with van der Waals surface area (Å²) in [6.07, 6.45) is 1.84. The van der Waals surface area contributed by atoms with Gasteiger partial charge in [0.05, 0.1) is 32.7 Å². The lowest BCUT2D eigenvalue weighted by molar-refractivity contribution is 0.390. The fourth-order valence-corrected chi connectivity index (χ4v) is 2.78. The fraction of sp³-hybridized carbons (Fsp3) is 0.238. The largest absolute Gasteiger partial charge is 0.497 e. The zero-order valence-electron chi connectivity index (χ0n) is 16.7. The molecule has 1 heterocycles. The Bertz CT molecular complexity index is 928. The van der Waals surface area contributed by atoms with E-state index >= 15 is 0 Å². The number of nitrogens with zero attached hydrogens (tertiary/aromatic N) is 2. The minimum absolute atomic E-state index is 0. The summed E-state index contributed by atoms with van der Waals surface area (Å²) in [4.78, 5) is 12.0. The summed E-state index contributed by atoms with van der Waals surface area (Å²) in [7, 11) is 5.01. The van der Waals surface area contributed by atoms with Gasteiger partial charge >= 0.3 is 0 Å². The first kappa shape index (κ1) is 22.5. The summed E-state index contributed by atoms with van der Waals surface area (Å²) < 4.78 is 10.7. The third-order valence-corrected chi connectivity index (χ3v) is 4.30. The van der Waals surface area contributed by atoms with E-state index in [4.69, 9.17) is 9.47 Å². The van der Waals surface area contributed by atoms with E-state index in [1.54, 1.807) is 21.3 Å². The lowest BCUT2D eigenvalue weighted by Crippen LogP contribution is -2.36. The first-order chi connectivity index (χ1) is 13.7. The SMILES string of the molecule is CN=C(NCc1ncc(-c2ccccc2)[nH]1)NCc1ccc(OC)cc1OC.I. The van der Waals surface area contributed by atoms with Gasteiger partial charge in [-0.2, -0.15) is 0 Å². The van der Waals surface area contributed by atoms with Gasteiger partial charge in [-0.15, -0.1) is 24.0 Å². The van der Waals surface area contributed by atoms with E-state index in [1.807, 2.05) is 54.7 Å². The van der Waals surface area contributed by atoms with Crippen LogP contribution in [0.2, 0.25) is 0 Å². The van der Waals surface area contributed by atoms with E-state index in [0.717, 1.165) is 34.1 Å². The molecule has 0 spiro atoms. The van der Waals surface area contributed by atoms with Gasteiger partial charge in [0.15, 0.2) is 5.96 Å². The van der Waals surface area contributed by atoms with Crippen LogP contribution in [-0.4, -0.2) is 37.2 Å². The number of aromatic nitrogens is 2. The van der Waals surface area contributed by atoms with Crippen molar-refractivity contribution in [3.63, 3.8) is 0 Å². The van der Waals surface area contributed by atoms with E-state index in [0.29, 0.717) is 19.0 Å². The molecule has 3 N–H and O–H groups in total. The highest BCUT2D eigenvalue weighted by atomic mass is 127. The average molecular weight is 507 g/mol. The standard InChI is InChI=1S/C21H25N5O2.HI/c1-22-21(24-12-16-9-10-17(27-2)11-19(16)28-3)25-14-20-23-13-18(26-20)15-7-5-4-6-8-15;/h4-11,13H,12,14H2,1-3H3,(H,23,26)(H2,22,24,25);1H. The number of imidazole rings is 1. The van der Waals surface area contributed by atoms with Gasteiger partial charge in [-0.25, -0.2) is 4.98 Å². The predicted molar refractivity (Wildman–Crippen MR) is 126 cm³/mol. The van der Waals surface area contributed by atoms with Crippen molar-refractivity contribution in [1.82, 2.24) is 20.6 Å². The number of aromatic amines is 1. The number of hydrogen-bond acceptors (Lipinski definition) is 4. The van der Waals surface area contributed by atoms with Gasteiger partial charge in [-0.1, -0.05) is 30.3 Å². The fourth-order valence-electron chi connectivity index (χ4n) is 2.78. The van der Waals surface area contributed by atoms with Crippen molar-refractivity contribution in [2.24, 2.45) is 4.99 Å². The normalized spacial score (nSPS) is 10.8. The third kappa shape index (κ3) is 6.11. The Morgan fingerprint density at radius 3 is 2.48 bits per heavy atom. The van der Waals surface area contributed by atoms with E-state index < -0.39 is 0 Å². The van der Waals surface area contributed by atoms with Crippen molar-refractivity contribution in [2.45, 2.75) is 13.1 Å². The van der Waals surface area contributed by atoms with Gasteiger partial charge in [0.25, 0.3) is 0 Å². The second kappa shape index (κ2) is 11.3. The van der Waals surface area contributed by atoms with Crippen LogP contribution >= 0.6 is 24.0 Å². The summed E-state index contributed by atoms with van der Waals surface area (Å²) in [6, 6.07) is 15.8. The quantitative estimate of drug-likeness (QED) is 0.259. The summed E-state index contributed by atoms with van der Waals surface area (Å²) in [6.45, 7) is 1.10. The molecule has 0 radical (unpaired) electrons. The number of rotatable bonds is 7. The Balaban J connectivity index is 0.00000300. The molecule has 0 amide bonds. The van der Waals surface area contributed by atoms with Crippen molar-refractivity contribution < 1.29 is 9.47 Å². The molecule has 0 unspecified atom stereocenters. The maximum absolute atomic E-state index is 5.43. The van der Waals surface area contributed by atoms with E-state index in [2.05, 4.69) is 25.6 Å². The van der Waals surface area contributed by atoms with Crippen molar-refractivity contribution in [1.29, 1.82) is 0 Å². The molecule has 1 aromatic heterocycles. The van der Waals surface area contributed by atoms with Crippen molar-refractivity contribution in [3.05, 3.63) is 66.1 Å². The Labute approximate surface area is 188 Å². The average Bonchev–Trinajstić information content (AvgIpc) is 3.23. The van der Waals surface area contributed by atoms with Crippen LogP contribution in [0.15, 0.2) is 59.7 Å². The van der Waals surface area contributed by atoms with Crippen LogP contribution in [-0.2, 0) is 13.1 Å². The molecule has 0 bridgehead atoms. The number of guanidine groups is 1. The highest BCUT2D eigenvalue weighted by Crippen LogP contribution is 2.24. The van der Waals surface area contributed by atoms with Gasteiger partial charge in [0, 0.05) is 25.2 Å². The van der Waals surface area contributed by atoms with Crippen LogP contribution in [0.25, 0.3) is 11.3 Å². The maximum atomic E-state index is 5.43.